The Kier molecular flexibility index (Phi) is 6.52. The number of nitrogens with zero attached hydrogens (tertiary/aromatic N) is 2. The van der Waals surface area contributed by atoms with Crippen molar-refractivity contribution in [2.24, 2.45) is 5.92 Å². The van der Waals surface area contributed by atoms with Gasteiger partial charge in [0.25, 0.3) is 0 Å². The van der Waals surface area contributed by atoms with Crippen molar-refractivity contribution in [3.8, 4) is 0 Å². The third-order valence-electron chi connectivity index (χ3n) is 6.73. The molecule has 0 spiro atoms. The number of carbonyl (C=O) groups excluding carboxylic acids is 2. The molecule has 2 amide bonds. The molecule has 4 rings (SSSR count). The highest BCUT2D eigenvalue weighted by Gasteiger charge is 2.38. The molecule has 1 fully saturated rings. The van der Waals surface area contributed by atoms with Crippen LogP contribution in [-0.2, 0) is 16.0 Å². The Morgan fingerprint density at radius 3 is 2.45 bits per heavy atom. The van der Waals surface area contributed by atoms with E-state index in [-0.39, 0.29) is 35.9 Å². The molecular formula is C26H34N2O2S. The van der Waals surface area contributed by atoms with Crippen molar-refractivity contribution < 1.29 is 9.59 Å². The Morgan fingerprint density at radius 2 is 1.77 bits per heavy atom. The topological polar surface area (TPSA) is 40.6 Å². The number of carbonyl (C=O) groups is 2. The third-order valence-corrected chi connectivity index (χ3v) is 7.72. The van der Waals surface area contributed by atoms with Gasteiger partial charge in [0.2, 0.25) is 11.8 Å². The van der Waals surface area contributed by atoms with Crippen LogP contribution < -0.4 is 0 Å². The molecule has 1 aromatic carbocycles. The smallest absolute Gasteiger partial charge is 0.243 e. The zero-order valence-electron chi connectivity index (χ0n) is 19.0. The first-order chi connectivity index (χ1) is 14.9. The predicted molar refractivity (Wildman–Crippen MR) is 126 cm³/mol. The van der Waals surface area contributed by atoms with E-state index in [1.807, 2.05) is 48.8 Å². The van der Waals surface area contributed by atoms with Crippen LogP contribution in [0.25, 0.3) is 0 Å². The van der Waals surface area contributed by atoms with Crippen molar-refractivity contribution in [3.63, 3.8) is 0 Å². The van der Waals surface area contributed by atoms with Gasteiger partial charge in [0.15, 0.2) is 0 Å². The number of benzene rings is 1. The zero-order valence-corrected chi connectivity index (χ0v) is 19.8. The zero-order chi connectivity index (χ0) is 22.0. The monoisotopic (exact) mass is 438 g/mol. The average molecular weight is 439 g/mol. The van der Waals surface area contributed by atoms with Crippen LogP contribution >= 0.6 is 11.3 Å². The van der Waals surface area contributed by atoms with E-state index < -0.39 is 0 Å². The summed E-state index contributed by atoms with van der Waals surface area (Å²) in [5, 5.41) is 2.13. The highest BCUT2D eigenvalue weighted by molar-refractivity contribution is 7.10. The highest BCUT2D eigenvalue weighted by Crippen LogP contribution is 2.38. The largest absolute Gasteiger partial charge is 0.330 e. The molecule has 1 aliphatic carbocycles. The SMILES string of the molecule is CC(C)(C)N(CC(=O)N1CCc2sccc2C1c1ccccc1)C(=O)C1CCCCC1. The van der Waals surface area contributed by atoms with E-state index in [0.29, 0.717) is 6.54 Å². The summed E-state index contributed by atoms with van der Waals surface area (Å²) in [5.74, 6) is 0.269. The molecule has 2 aromatic rings. The second-order valence-electron chi connectivity index (χ2n) is 9.88. The molecule has 2 heterocycles. The van der Waals surface area contributed by atoms with Gasteiger partial charge in [-0.2, -0.15) is 0 Å². The van der Waals surface area contributed by atoms with Crippen LogP contribution in [0.1, 0.15) is 74.9 Å². The molecule has 166 valence electrons. The number of amides is 2. The summed E-state index contributed by atoms with van der Waals surface area (Å²) >= 11 is 1.78. The van der Waals surface area contributed by atoms with Crippen LogP contribution in [0.5, 0.6) is 0 Å². The summed E-state index contributed by atoms with van der Waals surface area (Å²) in [6.45, 7) is 6.98. The first-order valence-electron chi connectivity index (χ1n) is 11.6. The fraction of sp³-hybridized carbons (Fsp3) is 0.538. The number of hydrogen-bond donors (Lipinski definition) is 0. The number of fused-ring (bicyclic) bond motifs is 1. The first-order valence-corrected chi connectivity index (χ1v) is 12.5. The van der Waals surface area contributed by atoms with E-state index in [0.717, 1.165) is 37.7 Å². The van der Waals surface area contributed by atoms with Gasteiger partial charge in [-0.15, -0.1) is 11.3 Å². The van der Waals surface area contributed by atoms with Gasteiger partial charge in [-0.05, 0) is 62.6 Å². The van der Waals surface area contributed by atoms with E-state index in [1.54, 1.807) is 11.3 Å². The lowest BCUT2D eigenvalue weighted by atomic mass is 9.87. The summed E-state index contributed by atoms with van der Waals surface area (Å²) in [6, 6.07) is 12.4. The van der Waals surface area contributed by atoms with E-state index in [9.17, 15) is 9.59 Å². The van der Waals surface area contributed by atoms with Crippen molar-refractivity contribution in [1.82, 2.24) is 9.80 Å². The minimum atomic E-state index is -0.379. The van der Waals surface area contributed by atoms with Crippen LogP contribution in [0.4, 0.5) is 0 Å². The second-order valence-corrected chi connectivity index (χ2v) is 10.9. The van der Waals surface area contributed by atoms with E-state index >= 15 is 0 Å². The molecule has 0 bridgehead atoms. The van der Waals surface area contributed by atoms with Crippen LogP contribution in [0.15, 0.2) is 41.8 Å². The summed E-state index contributed by atoms with van der Waals surface area (Å²) in [6.07, 6.45) is 6.24. The first kappa shape index (κ1) is 22.1. The molecule has 1 aromatic heterocycles. The van der Waals surface area contributed by atoms with E-state index in [2.05, 4.69) is 23.6 Å². The summed E-state index contributed by atoms with van der Waals surface area (Å²) in [7, 11) is 0. The van der Waals surface area contributed by atoms with Crippen molar-refractivity contribution in [3.05, 3.63) is 57.8 Å². The molecule has 0 radical (unpaired) electrons. The Balaban J connectivity index is 1.59. The lowest BCUT2D eigenvalue weighted by Crippen LogP contribution is -2.54. The second kappa shape index (κ2) is 9.15. The van der Waals surface area contributed by atoms with Crippen LogP contribution in [0.3, 0.4) is 0 Å². The summed E-state index contributed by atoms with van der Waals surface area (Å²) < 4.78 is 0. The molecule has 31 heavy (non-hydrogen) atoms. The van der Waals surface area contributed by atoms with Gasteiger partial charge >= 0.3 is 0 Å². The minimum absolute atomic E-state index is 0.0461. The van der Waals surface area contributed by atoms with Crippen molar-refractivity contribution >= 4 is 23.2 Å². The molecule has 0 saturated heterocycles. The molecule has 4 nitrogen and oxygen atoms in total. The molecule has 5 heteroatoms. The van der Waals surface area contributed by atoms with Gasteiger partial charge in [-0.1, -0.05) is 49.6 Å². The van der Waals surface area contributed by atoms with Gasteiger partial charge in [0, 0.05) is 22.9 Å². The normalized spacial score (nSPS) is 19.7. The predicted octanol–water partition coefficient (Wildman–Crippen LogP) is 5.43. The number of rotatable bonds is 4. The molecule has 1 unspecified atom stereocenters. The number of thiophene rings is 1. The lowest BCUT2D eigenvalue weighted by Gasteiger charge is -2.42. The van der Waals surface area contributed by atoms with Gasteiger partial charge in [0.05, 0.1) is 6.04 Å². The minimum Gasteiger partial charge on any atom is -0.330 e. The molecule has 1 atom stereocenters. The fourth-order valence-electron chi connectivity index (χ4n) is 5.02. The maximum Gasteiger partial charge on any atom is 0.243 e. The van der Waals surface area contributed by atoms with Crippen LogP contribution in [0.2, 0.25) is 0 Å². The standard InChI is InChI=1S/C26H34N2O2S/c1-26(2,3)28(25(30)20-12-8-5-9-13-20)18-23(29)27-16-14-22-21(15-17-31-22)24(27)19-10-6-4-7-11-19/h4,6-7,10-11,15,17,20,24H,5,8-9,12-14,16,18H2,1-3H3. The molecule has 0 N–H and O–H groups in total. The number of hydrogen-bond acceptors (Lipinski definition) is 3. The van der Waals surface area contributed by atoms with Crippen LogP contribution in [0, 0.1) is 5.92 Å². The van der Waals surface area contributed by atoms with Gasteiger partial charge < -0.3 is 9.80 Å². The summed E-state index contributed by atoms with van der Waals surface area (Å²) in [4.78, 5) is 32.3. The Morgan fingerprint density at radius 1 is 1.06 bits per heavy atom. The fourth-order valence-corrected chi connectivity index (χ4v) is 5.93. The maximum absolute atomic E-state index is 13.7. The molecule has 2 aliphatic rings. The summed E-state index contributed by atoms with van der Waals surface area (Å²) in [5.41, 5.74) is 1.99. The Hall–Kier alpha value is -2.14. The average Bonchev–Trinajstić information content (AvgIpc) is 3.25. The lowest BCUT2D eigenvalue weighted by molar-refractivity contribution is -0.149. The van der Waals surface area contributed by atoms with Gasteiger partial charge in [-0.3, -0.25) is 9.59 Å². The van der Waals surface area contributed by atoms with Crippen molar-refractivity contribution in [2.45, 2.75) is 70.9 Å². The van der Waals surface area contributed by atoms with Crippen molar-refractivity contribution in [1.29, 1.82) is 0 Å². The quantitative estimate of drug-likeness (QED) is 0.639. The third kappa shape index (κ3) is 4.72. The van der Waals surface area contributed by atoms with Gasteiger partial charge in [-0.25, -0.2) is 0 Å². The van der Waals surface area contributed by atoms with Crippen LogP contribution in [-0.4, -0.2) is 40.2 Å². The molecule has 1 saturated carbocycles. The maximum atomic E-state index is 13.7. The Bertz CT molecular complexity index is 909. The van der Waals surface area contributed by atoms with E-state index in [1.165, 1.54) is 16.9 Å². The Labute approximate surface area is 190 Å². The highest BCUT2D eigenvalue weighted by atomic mass is 32.1. The molecule has 1 aliphatic heterocycles. The molecular weight excluding hydrogens is 404 g/mol. The van der Waals surface area contributed by atoms with Crippen molar-refractivity contribution in [2.75, 3.05) is 13.1 Å². The van der Waals surface area contributed by atoms with Gasteiger partial charge in [0.1, 0.15) is 6.54 Å². The van der Waals surface area contributed by atoms with E-state index in [4.69, 9.17) is 0 Å².